The van der Waals surface area contributed by atoms with Crippen LogP contribution < -0.4 is 5.32 Å². The molecule has 0 aromatic heterocycles. The summed E-state index contributed by atoms with van der Waals surface area (Å²) in [7, 11) is 2.17. The fraction of sp³-hybridized carbons (Fsp3) is 0.933. The van der Waals surface area contributed by atoms with Crippen molar-refractivity contribution in [2.24, 2.45) is 4.99 Å². The summed E-state index contributed by atoms with van der Waals surface area (Å²) in [6.07, 6.45) is 5.98. The molecule has 4 nitrogen and oxygen atoms in total. The highest BCUT2D eigenvalue weighted by Crippen LogP contribution is 2.17. The largest absolute Gasteiger partial charge is 0.357 e. The van der Waals surface area contributed by atoms with Gasteiger partial charge in [-0.3, -0.25) is 9.89 Å². The molecule has 1 N–H and O–H groups in total. The number of aliphatic imine (C=N–C) groups is 1. The van der Waals surface area contributed by atoms with Crippen molar-refractivity contribution in [1.82, 2.24) is 15.1 Å². The zero-order valence-corrected chi connectivity index (χ0v) is 14.5. The van der Waals surface area contributed by atoms with E-state index in [2.05, 4.69) is 42.3 Å². The number of guanidine groups is 1. The van der Waals surface area contributed by atoms with Gasteiger partial charge in [0.2, 0.25) is 0 Å². The van der Waals surface area contributed by atoms with E-state index in [-0.39, 0.29) is 0 Å². The van der Waals surface area contributed by atoms with E-state index in [1.807, 2.05) is 11.8 Å². The Bertz CT molecular complexity index is 283. The van der Waals surface area contributed by atoms with E-state index < -0.39 is 0 Å². The van der Waals surface area contributed by atoms with Crippen LogP contribution in [0.2, 0.25) is 0 Å². The zero-order valence-electron chi connectivity index (χ0n) is 13.7. The number of likely N-dealkylation sites (tertiary alicyclic amines) is 1. The lowest BCUT2D eigenvalue weighted by Crippen LogP contribution is -2.46. The third-order valence-corrected chi connectivity index (χ3v) is 4.55. The Morgan fingerprint density at radius 1 is 1.45 bits per heavy atom. The van der Waals surface area contributed by atoms with Crippen LogP contribution in [0.5, 0.6) is 0 Å². The molecule has 20 heavy (non-hydrogen) atoms. The Balaban J connectivity index is 2.47. The number of nitrogens with one attached hydrogen (secondary N) is 1. The van der Waals surface area contributed by atoms with Gasteiger partial charge in [0, 0.05) is 32.7 Å². The Hall–Kier alpha value is -0.420. The van der Waals surface area contributed by atoms with Gasteiger partial charge in [0.1, 0.15) is 0 Å². The minimum absolute atomic E-state index is 0.694. The van der Waals surface area contributed by atoms with E-state index in [0.29, 0.717) is 6.04 Å². The molecule has 1 fully saturated rings. The standard InChI is InChI=1S/C15H32N4S/c1-5-16-15(17-10-8-12-20-4)18(3)13-14-9-7-11-19(14)6-2/h14H,5-13H2,1-4H3,(H,16,17). The van der Waals surface area contributed by atoms with Gasteiger partial charge in [-0.2, -0.15) is 11.8 Å². The lowest BCUT2D eigenvalue weighted by molar-refractivity contribution is 0.232. The van der Waals surface area contributed by atoms with Crippen molar-refractivity contribution in [2.75, 3.05) is 51.8 Å². The van der Waals surface area contributed by atoms with Gasteiger partial charge >= 0.3 is 0 Å². The number of thioether (sulfide) groups is 1. The molecular formula is C15H32N4S. The molecule has 1 heterocycles. The molecule has 1 rings (SSSR count). The van der Waals surface area contributed by atoms with Gasteiger partial charge in [-0.15, -0.1) is 0 Å². The van der Waals surface area contributed by atoms with Crippen LogP contribution in [-0.2, 0) is 0 Å². The van der Waals surface area contributed by atoms with E-state index in [9.17, 15) is 0 Å². The van der Waals surface area contributed by atoms with Gasteiger partial charge in [-0.25, -0.2) is 0 Å². The van der Waals surface area contributed by atoms with E-state index in [1.54, 1.807) is 0 Å². The van der Waals surface area contributed by atoms with Crippen molar-refractivity contribution in [2.45, 2.75) is 39.2 Å². The number of rotatable bonds is 8. The van der Waals surface area contributed by atoms with Crippen LogP contribution in [0.25, 0.3) is 0 Å². The highest BCUT2D eigenvalue weighted by Gasteiger charge is 2.24. The molecule has 0 aromatic rings. The third-order valence-electron chi connectivity index (χ3n) is 3.85. The second-order valence-corrected chi connectivity index (χ2v) is 6.37. The first-order chi connectivity index (χ1) is 9.72. The predicted molar refractivity (Wildman–Crippen MR) is 91.9 cm³/mol. The molecule has 0 saturated carbocycles. The van der Waals surface area contributed by atoms with E-state index in [1.165, 1.54) is 31.7 Å². The van der Waals surface area contributed by atoms with E-state index >= 15 is 0 Å². The Morgan fingerprint density at radius 3 is 2.90 bits per heavy atom. The van der Waals surface area contributed by atoms with Crippen LogP contribution in [0.4, 0.5) is 0 Å². The van der Waals surface area contributed by atoms with Gasteiger partial charge in [0.25, 0.3) is 0 Å². The maximum Gasteiger partial charge on any atom is 0.193 e. The molecule has 1 saturated heterocycles. The monoisotopic (exact) mass is 300 g/mol. The van der Waals surface area contributed by atoms with Crippen LogP contribution in [0, 0.1) is 0 Å². The summed E-state index contributed by atoms with van der Waals surface area (Å²) in [5.74, 6) is 2.26. The van der Waals surface area contributed by atoms with Crippen LogP contribution in [0.1, 0.15) is 33.1 Å². The second-order valence-electron chi connectivity index (χ2n) is 5.39. The van der Waals surface area contributed by atoms with Gasteiger partial charge in [0.15, 0.2) is 5.96 Å². The quantitative estimate of drug-likeness (QED) is 0.423. The lowest BCUT2D eigenvalue weighted by atomic mass is 10.2. The SMILES string of the molecule is CCNC(=NCCCSC)N(C)CC1CCCN1CC. The summed E-state index contributed by atoms with van der Waals surface area (Å²) >= 11 is 1.89. The third kappa shape index (κ3) is 5.92. The molecule has 0 bridgehead atoms. The Labute approximate surface area is 129 Å². The summed E-state index contributed by atoms with van der Waals surface area (Å²) in [4.78, 5) is 9.64. The van der Waals surface area contributed by atoms with Crippen molar-refractivity contribution < 1.29 is 0 Å². The molecule has 1 atom stereocenters. The topological polar surface area (TPSA) is 30.9 Å². The molecular weight excluding hydrogens is 268 g/mol. The zero-order chi connectivity index (χ0) is 14.8. The predicted octanol–water partition coefficient (Wildman–Crippen LogP) is 2.12. The summed E-state index contributed by atoms with van der Waals surface area (Å²) in [6.45, 7) is 9.78. The fourth-order valence-corrected chi connectivity index (χ4v) is 3.20. The number of hydrogen-bond donors (Lipinski definition) is 1. The number of hydrogen-bond acceptors (Lipinski definition) is 3. The minimum atomic E-state index is 0.694. The average molecular weight is 301 g/mol. The molecule has 1 aliphatic rings. The molecule has 0 aromatic carbocycles. The maximum absolute atomic E-state index is 4.74. The number of nitrogens with zero attached hydrogens (tertiary/aromatic N) is 3. The van der Waals surface area contributed by atoms with Gasteiger partial charge in [0.05, 0.1) is 0 Å². The summed E-state index contributed by atoms with van der Waals surface area (Å²) in [5, 5.41) is 3.42. The fourth-order valence-electron chi connectivity index (χ4n) is 2.78. The molecule has 1 aliphatic heterocycles. The normalized spacial score (nSPS) is 20.4. The average Bonchev–Trinajstić information content (AvgIpc) is 2.89. The first-order valence-corrected chi connectivity index (χ1v) is 9.34. The second kappa shape index (κ2) is 10.3. The van der Waals surface area contributed by atoms with Gasteiger partial charge < -0.3 is 10.2 Å². The Kier molecular flexibility index (Phi) is 9.10. The highest BCUT2D eigenvalue weighted by molar-refractivity contribution is 7.98. The maximum atomic E-state index is 4.74. The van der Waals surface area contributed by atoms with Crippen molar-refractivity contribution in [3.05, 3.63) is 0 Å². The summed E-state index contributed by atoms with van der Waals surface area (Å²) in [6, 6.07) is 0.694. The lowest BCUT2D eigenvalue weighted by Gasteiger charge is -2.29. The van der Waals surface area contributed by atoms with Gasteiger partial charge in [-0.05, 0) is 51.3 Å². The molecule has 0 radical (unpaired) electrons. The van der Waals surface area contributed by atoms with Crippen molar-refractivity contribution >= 4 is 17.7 Å². The first-order valence-electron chi connectivity index (χ1n) is 7.95. The van der Waals surface area contributed by atoms with Gasteiger partial charge in [-0.1, -0.05) is 6.92 Å². The van der Waals surface area contributed by atoms with E-state index in [0.717, 1.165) is 32.0 Å². The summed E-state index contributed by atoms with van der Waals surface area (Å²) in [5.41, 5.74) is 0. The molecule has 1 unspecified atom stereocenters. The molecule has 5 heteroatoms. The van der Waals surface area contributed by atoms with E-state index in [4.69, 9.17) is 4.99 Å². The van der Waals surface area contributed by atoms with Crippen LogP contribution >= 0.6 is 11.8 Å². The molecule has 0 spiro atoms. The van der Waals surface area contributed by atoms with Crippen molar-refractivity contribution in [1.29, 1.82) is 0 Å². The smallest absolute Gasteiger partial charge is 0.193 e. The van der Waals surface area contributed by atoms with Crippen LogP contribution in [0.3, 0.4) is 0 Å². The van der Waals surface area contributed by atoms with Crippen molar-refractivity contribution in [3.63, 3.8) is 0 Å². The molecule has 0 aliphatic carbocycles. The first kappa shape index (κ1) is 17.6. The minimum Gasteiger partial charge on any atom is -0.357 e. The summed E-state index contributed by atoms with van der Waals surface area (Å²) < 4.78 is 0. The van der Waals surface area contributed by atoms with Crippen LogP contribution in [0.15, 0.2) is 4.99 Å². The van der Waals surface area contributed by atoms with Crippen LogP contribution in [-0.4, -0.2) is 73.6 Å². The molecule has 0 amide bonds. The van der Waals surface area contributed by atoms with Crippen molar-refractivity contribution in [3.8, 4) is 0 Å². The molecule has 118 valence electrons. The Morgan fingerprint density at radius 2 is 2.25 bits per heavy atom. The highest BCUT2D eigenvalue weighted by atomic mass is 32.2. The number of likely N-dealkylation sites (N-methyl/N-ethyl adjacent to an activating group) is 2.